The molecule has 1 N–H and O–H groups in total. The Morgan fingerprint density at radius 2 is 1.52 bits per heavy atom. The molecule has 0 saturated carbocycles. The van der Waals surface area contributed by atoms with Crippen LogP contribution in [0.2, 0.25) is 25.1 Å². The minimum atomic E-state index is -1.39. The Labute approximate surface area is 221 Å². The predicted octanol–water partition coefficient (Wildman–Crippen LogP) is 6.19. The molecule has 1 aliphatic heterocycles. The molecule has 3 rings (SSSR count). The van der Waals surface area contributed by atoms with Crippen molar-refractivity contribution >= 4 is 103 Å². The minimum absolute atomic E-state index is 0.194. The van der Waals surface area contributed by atoms with E-state index in [1.54, 1.807) is 13.0 Å². The van der Waals surface area contributed by atoms with Gasteiger partial charge in [0.2, 0.25) is 0 Å². The number of carbonyl (C=O) groups is 4. The number of hydrogen-bond donors (Lipinski definition) is 1. The lowest BCUT2D eigenvalue weighted by Crippen LogP contribution is -2.44. The second-order valence-electron chi connectivity index (χ2n) is 6.90. The number of hydrogen-bond acceptors (Lipinski definition) is 5. The van der Waals surface area contributed by atoms with Gasteiger partial charge in [0.25, 0.3) is 17.7 Å². The number of carbonyl (C=O) groups excluding carboxylic acids is 4. The van der Waals surface area contributed by atoms with E-state index in [4.69, 9.17) is 62.7 Å². The summed E-state index contributed by atoms with van der Waals surface area (Å²) in [6.07, 6.45) is 0. The van der Waals surface area contributed by atoms with Crippen molar-refractivity contribution in [2.45, 2.75) is 19.9 Å². The van der Waals surface area contributed by atoms with Crippen molar-refractivity contribution in [1.29, 1.82) is 0 Å². The maximum absolute atomic E-state index is 12.8. The average molecular weight is 617 g/mol. The molecule has 0 bridgehead atoms. The van der Waals surface area contributed by atoms with E-state index in [1.807, 2.05) is 0 Å². The second-order valence-corrected chi connectivity index (χ2v) is 9.67. The third-order valence-corrected chi connectivity index (χ3v) is 7.75. The summed E-state index contributed by atoms with van der Waals surface area (Å²) < 4.78 is 5.65. The molecule has 0 radical (unpaired) electrons. The number of rotatable bonds is 5. The van der Waals surface area contributed by atoms with Gasteiger partial charge in [-0.3, -0.25) is 19.3 Å². The number of amides is 3. The number of benzene rings is 2. The van der Waals surface area contributed by atoms with E-state index in [1.165, 1.54) is 13.0 Å². The average Bonchev–Trinajstić information content (AvgIpc) is 3.02. The molecule has 1 heterocycles. The van der Waals surface area contributed by atoms with Gasteiger partial charge in [-0.1, -0.05) is 58.0 Å². The van der Waals surface area contributed by atoms with Gasteiger partial charge in [-0.25, -0.2) is 4.79 Å². The molecule has 0 spiro atoms. The van der Waals surface area contributed by atoms with Crippen LogP contribution in [0, 0.1) is 6.92 Å². The Kier molecular flexibility index (Phi) is 7.88. The van der Waals surface area contributed by atoms with E-state index in [2.05, 4.69) is 21.2 Å². The standard InChI is InChI=1S/C20H12BrCl5N2O5/c1-6-3-8(21)9(22)4-10(6)27-11(29)5-33-20(32)7(2)28-18(30)12-13(19(28)31)15(24)17(26)16(25)14(12)23/h3-4,7H,5H2,1-2H3,(H,27,29)/t7-/m0/s1. The van der Waals surface area contributed by atoms with Crippen LogP contribution < -0.4 is 5.32 Å². The van der Waals surface area contributed by atoms with Crippen LogP contribution in [0.4, 0.5) is 5.69 Å². The van der Waals surface area contributed by atoms with Gasteiger partial charge in [-0.2, -0.15) is 0 Å². The van der Waals surface area contributed by atoms with E-state index in [0.29, 0.717) is 20.1 Å². The first-order valence-corrected chi connectivity index (χ1v) is 11.7. The van der Waals surface area contributed by atoms with Crippen LogP contribution in [0.3, 0.4) is 0 Å². The number of imide groups is 1. The smallest absolute Gasteiger partial charge is 0.329 e. The number of halogens is 6. The van der Waals surface area contributed by atoms with Gasteiger partial charge in [0.1, 0.15) is 6.04 Å². The molecule has 0 aliphatic carbocycles. The van der Waals surface area contributed by atoms with E-state index in [-0.39, 0.29) is 31.2 Å². The summed E-state index contributed by atoms with van der Waals surface area (Å²) >= 11 is 33.4. The van der Waals surface area contributed by atoms with Crippen LogP contribution >= 0.6 is 73.9 Å². The minimum Gasteiger partial charge on any atom is -0.454 e. The molecule has 3 amide bonds. The third-order valence-electron chi connectivity index (χ3n) is 4.75. The SMILES string of the molecule is Cc1cc(Br)c(Cl)cc1NC(=O)COC(=O)[C@H](C)N1C(=O)c2c(Cl)c(Cl)c(Cl)c(Cl)c2C1=O. The summed E-state index contributed by atoms with van der Waals surface area (Å²) in [4.78, 5) is 51.0. The normalized spacial score (nSPS) is 13.8. The largest absolute Gasteiger partial charge is 0.454 e. The quantitative estimate of drug-likeness (QED) is 0.187. The van der Waals surface area contributed by atoms with Gasteiger partial charge >= 0.3 is 5.97 Å². The van der Waals surface area contributed by atoms with E-state index in [9.17, 15) is 19.2 Å². The van der Waals surface area contributed by atoms with Crippen molar-refractivity contribution < 1.29 is 23.9 Å². The van der Waals surface area contributed by atoms with Gasteiger partial charge < -0.3 is 10.1 Å². The fraction of sp³-hybridized carbons (Fsp3) is 0.200. The summed E-state index contributed by atoms with van der Waals surface area (Å²) in [6, 6.07) is 1.85. The molecule has 1 atom stereocenters. The number of nitrogens with zero attached hydrogens (tertiary/aromatic N) is 1. The zero-order valence-corrected chi connectivity index (χ0v) is 22.1. The highest BCUT2D eigenvalue weighted by molar-refractivity contribution is 9.10. The Bertz CT molecular complexity index is 1190. The zero-order chi connectivity index (χ0) is 24.8. The lowest BCUT2D eigenvalue weighted by atomic mass is 10.1. The molecule has 33 heavy (non-hydrogen) atoms. The molecule has 13 heteroatoms. The Morgan fingerprint density at radius 1 is 1.00 bits per heavy atom. The van der Waals surface area contributed by atoms with Crippen LogP contribution in [0.1, 0.15) is 33.2 Å². The van der Waals surface area contributed by atoms with Crippen LogP contribution in [0.15, 0.2) is 16.6 Å². The maximum Gasteiger partial charge on any atom is 0.329 e. The number of aryl methyl sites for hydroxylation is 1. The van der Waals surface area contributed by atoms with Gasteiger partial charge in [-0.05, 0) is 47.5 Å². The van der Waals surface area contributed by atoms with Gasteiger partial charge in [0, 0.05) is 10.2 Å². The van der Waals surface area contributed by atoms with Crippen molar-refractivity contribution in [3.8, 4) is 0 Å². The van der Waals surface area contributed by atoms with Crippen LogP contribution in [-0.2, 0) is 14.3 Å². The molecular weight excluding hydrogens is 605 g/mol. The van der Waals surface area contributed by atoms with Crippen molar-refractivity contribution in [1.82, 2.24) is 4.90 Å². The van der Waals surface area contributed by atoms with Gasteiger partial charge in [0.05, 0.1) is 36.2 Å². The van der Waals surface area contributed by atoms with Gasteiger partial charge in [-0.15, -0.1) is 0 Å². The number of fused-ring (bicyclic) bond motifs is 1. The van der Waals surface area contributed by atoms with E-state index >= 15 is 0 Å². The highest BCUT2D eigenvalue weighted by atomic mass is 79.9. The molecule has 1 aliphatic rings. The molecule has 0 fully saturated rings. The number of ether oxygens (including phenoxy) is 1. The Morgan fingerprint density at radius 3 is 2.03 bits per heavy atom. The highest BCUT2D eigenvalue weighted by Gasteiger charge is 2.45. The molecule has 0 aromatic heterocycles. The first-order chi connectivity index (χ1) is 15.4. The summed E-state index contributed by atoms with van der Waals surface area (Å²) in [6.45, 7) is 2.34. The lowest BCUT2D eigenvalue weighted by Gasteiger charge is -2.21. The molecular formula is C20H12BrCl5N2O5. The second kappa shape index (κ2) is 9.98. The molecule has 2 aromatic rings. The summed E-state index contributed by atoms with van der Waals surface area (Å²) in [5, 5.41) is 2.04. The lowest BCUT2D eigenvalue weighted by molar-refractivity contribution is -0.150. The molecule has 0 unspecified atom stereocenters. The van der Waals surface area contributed by atoms with Crippen LogP contribution in [0.5, 0.6) is 0 Å². The monoisotopic (exact) mass is 614 g/mol. The Hall–Kier alpha value is -1.55. The number of nitrogens with one attached hydrogen (secondary N) is 1. The molecule has 7 nitrogen and oxygen atoms in total. The summed E-state index contributed by atoms with van der Waals surface area (Å²) in [5.41, 5.74) is 0.620. The first-order valence-electron chi connectivity index (χ1n) is 9.02. The van der Waals surface area contributed by atoms with Crippen LogP contribution in [-0.4, -0.2) is 41.2 Å². The van der Waals surface area contributed by atoms with Crippen molar-refractivity contribution in [2.75, 3.05) is 11.9 Å². The fourth-order valence-electron chi connectivity index (χ4n) is 3.05. The van der Waals surface area contributed by atoms with Crippen molar-refractivity contribution in [2.24, 2.45) is 0 Å². The van der Waals surface area contributed by atoms with E-state index < -0.39 is 36.3 Å². The highest BCUT2D eigenvalue weighted by Crippen LogP contribution is 2.45. The molecule has 174 valence electrons. The third kappa shape index (κ3) is 4.83. The predicted molar refractivity (Wildman–Crippen MR) is 130 cm³/mol. The topological polar surface area (TPSA) is 92.8 Å². The number of esters is 1. The van der Waals surface area contributed by atoms with Crippen LogP contribution in [0.25, 0.3) is 0 Å². The van der Waals surface area contributed by atoms with Gasteiger partial charge in [0.15, 0.2) is 6.61 Å². The van der Waals surface area contributed by atoms with Crippen molar-refractivity contribution in [3.05, 3.63) is 58.4 Å². The van der Waals surface area contributed by atoms with Crippen molar-refractivity contribution in [3.63, 3.8) is 0 Å². The first kappa shape index (κ1) is 26.1. The molecule has 0 saturated heterocycles. The maximum atomic E-state index is 12.8. The molecule has 2 aromatic carbocycles. The number of anilines is 1. The zero-order valence-electron chi connectivity index (χ0n) is 16.7. The summed E-state index contributed by atoms with van der Waals surface area (Å²) in [7, 11) is 0. The van der Waals surface area contributed by atoms with E-state index in [0.717, 1.165) is 5.56 Å². The summed E-state index contributed by atoms with van der Waals surface area (Å²) in [5.74, 6) is -3.44. The fourth-order valence-corrected chi connectivity index (χ4v) is 4.68. The Balaban J connectivity index is 1.72.